The van der Waals surface area contributed by atoms with Crippen LogP contribution in [0.5, 0.6) is 0 Å². The largest absolute Gasteiger partial charge is 0.394 e. The smallest absolute Gasteiger partial charge is 0.249 e. The highest BCUT2D eigenvalue weighted by molar-refractivity contribution is 5.80. The lowest BCUT2D eigenvalue weighted by atomic mass is 10.00. The van der Waals surface area contributed by atoms with Crippen LogP contribution in [0.2, 0.25) is 0 Å². The van der Waals surface area contributed by atoms with Crippen LogP contribution in [0.4, 0.5) is 0 Å². The van der Waals surface area contributed by atoms with Crippen LogP contribution in [0.25, 0.3) is 0 Å². The van der Waals surface area contributed by atoms with Crippen LogP contribution in [0.3, 0.4) is 0 Å². The zero-order chi connectivity index (χ0) is 61.5. The van der Waals surface area contributed by atoms with Crippen LogP contribution < -0.4 is 5.32 Å². The second kappa shape index (κ2) is 73.3. The zero-order valence-electron chi connectivity index (χ0n) is 57.6. The van der Waals surface area contributed by atoms with E-state index in [1.165, 1.54) is 360 Å². The summed E-state index contributed by atoms with van der Waals surface area (Å²) in [5.74, 6) is -0.590. The van der Waals surface area contributed by atoms with Crippen molar-refractivity contribution in [2.24, 2.45) is 0 Å². The summed E-state index contributed by atoms with van der Waals surface area (Å²) in [6, 6.07) is -1.01. The Morgan fingerprint density at radius 1 is 0.282 bits per heavy atom. The minimum Gasteiger partial charge on any atom is -0.394 e. The van der Waals surface area contributed by atoms with E-state index >= 15 is 0 Å². The van der Waals surface area contributed by atoms with Gasteiger partial charge in [0.1, 0.15) is 12.2 Å². The van der Waals surface area contributed by atoms with E-state index in [-0.39, 0.29) is 0 Å². The van der Waals surface area contributed by atoms with Gasteiger partial charge < -0.3 is 25.7 Å². The van der Waals surface area contributed by atoms with Gasteiger partial charge in [0.2, 0.25) is 5.91 Å². The lowest BCUT2D eigenvalue weighted by Crippen LogP contribution is -2.53. The van der Waals surface area contributed by atoms with Gasteiger partial charge in [-0.15, -0.1) is 0 Å². The van der Waals surface area contributed by atoms with Gasteiger partial charge in [-0.1, -0.05) is 391 Å². The number of allylic oxidation sites excluding steroid dienone is 6. The summed E-state index contributed by atoms with van der Waals surface area (Å²) in [5, 5.41) is 44.3. The number of aliphatic hydroxyl groups is 4. The fourth-order valence-corrected chi connectivity index (χ4v) is 12.5. The number of aliphatic hydroxyl groups excluding tert-OH is 4. The summed E-state index contributed by atoms with van der Waals surface area (Å²) in [7, 11) is 0. The molecule has 0 aromatic rings. The van der Waals surface area contributed by atoms with Crippen molar-refractivity contribution in [2.75, 3.05) is 6.61 Å². The van der Waals surface area contributed by atoms with Crippen molar-refractivity contribution in [3.63, 3.8) is 0 Å². The minimum atomic E-state index is -1.29. The molecule has 4 atom stereocenters. The van der Waals surface area contributed by atoms with Crippen molar-refractivity contribution in [2.45, 2.75) is 456 Å². The Kier molecular flexibility index (Phi) is 72.0. The molecule has 0 heterocycles. The fourth-order valence-electron chi connectivity index (χ4n) is 12.5. The number of amides is 1. The van der Waals surface area contributed by atoms with E-state index < -0.39 is 36.9 Å². The topological polar surface area (TPSA) is 110 Å². The first-order chi connectivity index (χ1) is 42.0. The van der Waals surface area contributed by atoms with E-state index in [4.69, 9.17) is 0 Å². The molecule has 0 spiro atoms. The molecule has 0 saturated heterocycles. The molecule has 504 valence electrons. The quantitative estimate of drug-likeness (QED) is 0.0308. The van der Waals surface area contributed by atoms with Crippen molar-refractivity contribution in [1.29, 1.82) is 0 Å². The molecular weight excluding hydrogens is 1040 g/mol. The predicted octanol–water partition coefficient (Wildman–Crippen LogP) is 24.6. The Hall–Kier alpha value is -1.47. The first-order valence-corrected chi connectivity index (χ1v) is 38.9. The molecule has 0 fully saturated rings. The van der Waals surface area contributed by atoms with E-state index in [0.29, 0.717) is 19.3 Å². The summed E-state index contributed by atoms with van der Waals surface area (Å²) in [6.45, 7) is 4.10. The normalized spacial score (nSPS) is 13.5. The Morgan fingerprint density at radius 3 is 0.741 bits per heavy atom. The van der Waals surface area contributed by atoms with Crippen molar-refractivity contribution in [3.8, 4) is 0 Å². The fraction of sp³-hybridized carbons (Fsp3) is 0.911. The number of hydrogen-bond acceptors (Lipinski definition) is 5. The molecule has 6 heteroatoms. The van der Waals surface area contributed by atoms with Gasteiger partial charge in [-0.25, -0.2) is 0 Å². The van der Waals surface area contributed by atoms with Crippen LogP contribution >= 0.6 is 0 Å². The SMILES string of the molecule is CCCCCCCCCCCCCCCCCCCC/C=C\CCCCCCCCCCCCCCCCCCC(O)C(=O)NC(CO)C(O)C(O)CCC/C=C/CC/C=C/CCCCCCCCCCCCCCCCCCCCCCCC. The monoisotopic (exact) mass is 1200 g/mol. The van der Waals surface area contributed by atoms with Crippen LogP contribution in [0.1, 0.15) is 431 Å². The third kappa shape index (κ3) is 66.8. The molecule has 0 aliphatic carbocycles. The Bertz CT molecular complexity index is 1350. The van der Waals surface area contributed by atoms with Gasteiger partial charge in [0.25, 0.3) is 0 Å². The van der Waals surface area contributed by atoms with E-state index in [1.807, 2.05) is 0 Å². The van der Waals surface area contributed by atoms with Crippen LogP contribution in [0, 0.1) is 0 Å². The number of rotatable bonds is 73. The van der Waals surface area contributed by atoms with Crippen LogP contribution in [-0.4, -0.2) is 57.3 Å². The van der Waals surface area contributed by atoms with Crippen molar-refractivity contribution in [1.82, 2.24) is 5.32 Å². The number of carbonyl (C=O) groups is 1. The third-order valence-corrected chi connectivity index (χ3v) is 18.6. The molecule has 0 bridgehead atoms. The van der Waals surface area contributed by atoms with Gasteiger partial charge in [0.15, 0.2) is 0 Å². The molecule has 0 radical (unpaired) electrons. The Morgan fingerprint density at radius 2 is 0.494 bits per heavy atom. The summed E-state index contributed by atoms with van der Waals surface area (Å²) in [4.78, 5) is 12.7. The Labute approximate surface area is 532 Å². The Balaban J connectivity index is 3.54. The summed E-state index contributed by atoms with van der Waals surface area (Å²) >= 11 is 0. The second-order valence-corrected chi connectivity index (χ2v) is 27.0. The number of unbranched alkanes of at least 4 members (excludes halogenated alkanes) is 58. The minimum absolute atomic E-state index is 0.363. The van der Waals surface area contributed by atoms with Gasteiger partial charge >= 0.3 is 0 Å². The molecule has 5 N–H and O–H groups in total. The maximum absolute atomic E-state index is 12.7. The molecule has 0 aliphatic rings. The average Bonchev–Trinajstić information content (AvgIpc) is 3.51. The lowest BCUT2D eigenvalue weighted by Gasteiger charge is -2.27. The molecule has 0 rings (SSSR count). The first-order valence-electron chi connectivity index (χ1n) is 38.9. The molecule has 0 aromatic carbocycles. The molecule has 1 amide bonds. The molecular formula is C79H153NO5. The highest BCUT2D eigenvalue weighted by Crippen LogP contribution is 2.20. The van der Waals surface area contributed by atoms with E-state index in [9.17, 15) is 25.2 Å². The summed E-state index contributed by atoms with van der Waals surface area (Å²) in [6.07, 6.45) is 96.0. The standard InChI is InChI=1S/C79H153NO5/c1-3-5-7-9-11-13-15-17-19-21-23-25-27-29-31-33-35-36-37-38-39-40-41-43-45-47-49-51-53-55-57-59-61-63-65-67-69-71-73-77(83)79(85)80-75(74-81)78(84)76(82)72-70-68-66-64-62-60-58-56-54-52-50-48-46-44-42-34-32-30-28-26-24-22-20-18-16-14-12-10-8-6-4-2/h38-39,56,58,64,66,75-78,81-84H,3-37,40-55,57,59-63,65,67-74H2,1-2H3,(H,80,85)/b39-38-,58-56+,66-64+. The van der Waals surface area contributed by atoms with Crippen molar-refractivity contribution in [3.05, 3.63) is 36.5 Å². The van der Waals surface area contributed by atoms with Gasteiger partial charge in [-0.3, -0.25) is 4.79 Å². The number of hydrogen-bond donors (Lipinski definition) is 5. The number of carbonyl (C=O) groups excluding carboxylic acids is 1. The molecule has 4 unspecified atom stereocenters. The van der Waals surface area contributed by atoms with Crippen LogP contribution in [-0.2, 0) is 4.79 Å². The second-order valence-electron chi connectivity index (χ2n) is 27.0. The van der Waals surface area contributed by atoms with Gasteiger partial charge in [0, 0.05) is 0 Å². The highest BCUT2D eigenvalue weighted by atomic mass is 16.3. The van der Waals surface area contributed by atoms with Gasteiger partial charge in [-0.05, 0) is 77.0 Å². The predicted molar refractivity (Wildman–Crippen MR) is 376 cm³/mol. The molecule has 0 aliphatic heterocycles. The summed E-state index contributed by atoms with van der Waals surface area (Å²) < 4.78 is 0. The molecule has 6 nitrogen and oxygen atoms in total. The van der Waals surface area contributed by atoms with Crippen LogP contribution in [0.15, 0.2) is 36.5 Å². The molecule has 0 aromatic heterocycles. The molecule has 0 saturated carbocycles. The molecule has 85 heavy (non-hydrogen) atoms. The maximum Gasteiger partial charge on any atom is 0.249 e. The maximum atomic E-state index is 12.7. The first kappa shape index (κ1) is 83.5. The van der Waals surface area contributed by atoms with Gasteiger partial charge in [0.05, 0.1) is 18.8 Å². The lowest BCUT2D eigenvalue weighted by molar-refractivity contribution is -0.132. The van der Waals surface area contributed by atoms with Crippen molar-refractivity contribution >= 4 is 5.91 Å². The third-order valence-electron chi connectivity index (χ3n) is 18.6. The van der Waals surface area contributed by atoms with E-state index in [2.05, 4.69) is 55.6 Å². The van der Waals surface area contributed by atoms with Crippen molar-refractivity contribution < 1.29 is 25.2 Å². The summed E-state index contributed by atoms with van der Waals surface area (Å²) in [5.41, 5.74) is 0. The van der Waals surface area contributed by atoms with E-state index in [0.717, 1.165) is 38.5 Å². The van der Waals surface area contributed by atoms with Gasteiger partial charge in [-0.2, -0.15) is 0 Å². The zero-order valence-corrected chi connectivity index (χ0v) is 57.6. The highest BCUT2D eigenvalue weighted by Gasteiger charge is 2.28. The van der Waals surface area contributed by atoms with E-state index in [1.54, 1.807) is 0 Å². The number of nitrogens with one attached hydrogen (secondary N) is 1. The average molecular weight is 1200 g/mol.